The maximum absolute atomic E-state index is 12.1. The third kappa shape index (κ3) is 4.54. The van der Waals surface area contributed by atoms with E-state index < -0.39 is 0 Å². The maximum atomic E-state index is 12.1. The largest absolute Gasteiger partial charge is 0.339 e. The molecule has 2 aromatic heterocycles. The molecular formula is C19H22N4O2S. The molecular weight excluding hydrogens is 348 g/mol. The predicted molar refractivity (Wildman–Crippen MR) is 102 cm³/mol. The number of aromatic nitrogens is 3. The van der Waals surface area contributed by atoms with E-state index in [4.69, 9.17) is 4.52 Å². The highest BCUT2D eigenvalue weighted by molar-refractivity contribution is 7.14. The summed E-state index contributed by atoms with van der Waals surface area (Å²) in [6.07, 6.45) is 1.71. The van der Waals surface area contributed by atoms with E-state index in [1.807, 2.05) is 19.2 Å². The molecule has 0 atom stereocenters. The summed E-state index contributed by atoms with van der Waals surface area (Å²) in [4.78, 5) is 20.9. The molecule has 0 radical (unpaired) electrons. The van der Waals surface area contributed by atoms with E-state index in [9.17, 15) is 4.79 Å². The minimum absolute atomic E-state index is 0.114. The first-order valence-corrected chi connectivity index (χ1v) is 9.60. The molecule has 0 fully saturated rings. The normalized spacial score (nSPS) is 11.1. The molecule has 6 nitrogen and oxygen atoms in total. The van der Waals surface area contributed by atoms with E-state index in [0.29, 0.717) is 23.3 Å². The highest BCUT2D eigenvalue weighted by Gasteiger charge is 2.13. The fraction of sp³-hybridized carbons (Fsp3) is 0.368. The van der Waals surface area contributed by atoms with Gasteiger partial charge >= 0.3 is 0 Å². The van der Waals surface area contributed by atoms with Gasteiger partial charge in [0.1, 0.15) is 0 Å². The summed E-state index contributed by atoms with van der Waals surface area (Å²) in [5.74, 6) is 1.25. The van der Waals surface area contributed by atoms with E-state index in [2.05, 4.69) is 51.6 Å². The number of anilines is 1. The standard InChI is InChI=1S/C19H22N4O2S/c1-4-13-5-7-14(8-6-13)15-11-26-19(20-15)21-16(24)9-10-17-22-18(12(2)3)23-25-17/h5-8,11-12H,4,9-10H2,1-3H3,(H,20,21,24). The molecule has 2 heterocycles. The molecule has 1 aromatic carbocycles. The summed E-state index contributed by atoms with van der Waals surface area (Å²) < 4.78 is 5.15. The number of amides is 1. The van der Waals surface area contributed by atoms with Crippen LogP contribution in [0, 0.1) is 0 Å². The third-order valence-corrected chi connectivity index (χ3v) is 4.73. The lowest BCUT2D eigenvalue weighted by molar-refractivity contribution is -0.116. The summed E-state index contributed by atoms with van der Waals surface area (Å²) in [5.41, 5.74) is 3.21. The third-order valence-electron chi connectivity index (χ3n) is 3.97. The Hall–Kier alpha value is -2.54. The SMILES string of the molecule is CCc1ccc(-c2csc(NC(=O)CCc3nc(C(C)C)no3)n2)cc1. The fourth-order valence-corrected chi connectivity index (χ4v) is 3.12. The van der Waals surface area contributed by atoms with Crippen molar-refractivity contribution in [3.05, 3.63) is 46.9 Å². The molecule has 0 aliphatic heterocycles. The monoisotopic (exact) mass is 370 g/mol. The number of nitrogens with zero attached hydrogens (tertiary/aromatic N) is 3. The molecule has 0 aliphatic carbocycles. The Balaban J connectivity index is 1.55. The zero-order valence-electron chi connectivity index (χ0n) is 15.2. The number of rotatable bonds is 7. The minimum atomic E-state index is -0.114. The first-order chi connectivity index (χ1) is 12.5. The molecule has 1 amide bonds. The summed E-state index contributed by atoms with van der Waals surface area (Å²) in [6.45, 7) is 6.12. The van der Waals surface area contributed by atoms with Crippen molar-refractivity contribution in [2.24, 2.45) is 0 Å². The van der Waals surface area contributed by atoms with Crippen molar-refractivity contribution in [1.82, 2.24) is 15.1 Å². The fourth-order valence-electron chi connectivity index (χ4n) is 2.38. The van der Waals surface area contributed by atoms with Crippen LogP contribution in [0.15, 0.2) is 34.2 Å². The lowest BCUT2D eigenvalue weighted by Gasteiger charge is -2.00. The highest BCUT2D eigenvalue weighted by atomic mass is 32.1. The van der Waals surface area contributed by atoms with Gasteiger partial charge in [-0.3, -0.25) is 4.79 Å². The van der Waals surface area contributed by atoms with Gasteiger partial charge in [-0.25, -0.2) is 4.98 Å². The van der Waals surface area contributed by atoms with Crippen molar-refractivity contribution in [3.8, 4) is 11.3 Å². The summed E-state index contributed by atoms with van der Waals surface area (Å²) >= 11 is 1.42. The van der Waals surface area contributed by atoms with E-state index in [-0.39, 0.29) is 18.2 Å². The van der Waals surface area contributed by atoms with Crippen LogP contribution in [0.25, 0.3) is 11.3 Å². The first kappa shape index (κ1) is 18.3. The van der Waals surface area contributed by atoms with Gasteiger partial charge in [0.25, 0.3) is 0 Å². The Labute approximate surface area is 156 Å². The van der Waals surface area contributed by atoms with Crippen molar-refractivity contribution < 1.29 is 9.32 Å². The van der Waals surface area contributed by atoms with Crippen LogP contribution < -0.4 is 5.32 Å². The van der Waals surface area contributed by atoms with Crippen molar-refractivity contribution >= 4 is 22.4 Å². The number of thiazole rings is 1. The molecule has 0 aliphatic rings. The summed E-state index contributed by atoms with van der Waals surface area (Å²) in [6, 6.07) is 8.31. The number of nitrogens with one attached hydrogen (secondary N) is 1. The summed E-state index contributed by atoms with van der Waals surface area (Å²) in [7, 11) is 0. The number of aryl methyl sites for hydroxylation is 2. The Bertz CT molecular complexity index is 868. The lowest BCUT2D eigenvalue weighted by atomic mass is 10.1. The zero-order valence-corrected chi connectivity index (χ0v) is 16.0. The van der Waals surface area contributed by atoms with Crippen LogP contribution in [-0.4, -0.2) is 21.0 Å². The van der Waals surface area contributed by atoms with Gasteiger partial charge in [-0.15, -0.1) is 11.3 Å². The second kappa shape index (κ2) is 8.23. The molecule has 136 valence electrons. The molecule has 3 aromatic rings. The Kier molecular flexibility index (Phi) is 5.78. The van der Waals surface area contributed by atoms with Crippen LogP contribution in [0.4, 0.5) is 5.13 Å². The lowest BCUT2D eigenvalue weighted by Crippen LogP contribution is -2.12. The Morgan fingerprint density at radius 2 is 2.00 bits per heavy atom. The molecule has 0 saturated carbocycles. The maximum Gasteiger partial charge on any atom is 0.227 e. The predicted octanol–water partition coefficient (Wildman–Crippen LogP) is 4.45. The number of benzene rings is 1. The van der Waals surface area contributed by atoms with Crippen LogP contribution in [-0.2, 0) is 17.6 Å². The van der Waals surface area contributed by atoms with Crippen LogP contribution in [0.2, 0.25) is 0 Å². The van der Waals surface area contributed by atoms with Crippen LogP contribution in [0.3, 0.4) is 0 Å². The van der Waals surface area contributed by atoms with E-state index in [1.54, 1.807) is 0 Å². The number of hydrogen-bond acceptors (Lipinski definition) is 6. The second-order valence-corrected chi connectivity index (χ2v) is 7.20. The number of carbonyl (C=O) groups is 1. The second-order valence-electron chi connectivity index (χ2n) is 6.34. The topological polar surface area (TPSA) is 80.9 Å². The van der Waals surface area contributed by atoms with Crippen LogP contribution in [0.1, 0.15) is 50.4 Å². The first-order valence-electron chi connectivity index (χ1n) is 8.72. The zero-order chi connectivity index (χ0) is 18.5. The van der Waals surface area contributed by atoms with E-state index >= 15 is 0 Å². The van der Waals surface area contributed by atoms with Crippen molar-refractivity contribution in [1.29, 1.82) is 0 Å². The van der Waals surface area contributed by atoms with Crippen LogP contribution >= 0.6 is 11.3 Å². The van der Waals surface area contributed by atoms with Gasteiger partial charge in [0.2, 0.25) is 11.8 Å². The van der Waals surface area contributed by atoms with Gasteiger partial charge in [-0.1, -0.05) is 50.2 Å². The molecule has 3 rings (SSSR count). The highest BCUT2D eigenvalue weighted by Crippen LogP contribution is 2.25. The van der Waals surface area contributed by atoms with Gasteiger partial charge in [-0.05, 0) is 12.0 Å². The molecule has 0 unspecified atom stereocenters. The number of carbonyl (C=O) groups excluding carboxylic acids is 1. The number of hydrogen-bond donors (Lipinski definition) is 1. The summed E-state index contributed by atoms with van der Waals surface area (Å²) in [5, 5.41) is 9.28. The molecule has 1 N–H and O–H groups in total. The van der Waals surface area contributed by atoms with Crippen molar-refractivity contribution in [3.63, 3.8) is 0 Å². The molecule has 7 heteroatoms. The van der Waals surface area contributed by atoms with E-state index in [0.717, 1.165) is 17.7 Å². The van der Waals surface area contributed by atoms with Gasteiger partial charge in [-0.2, -0.15) is 4.98 Å². The van der Waals surface area contributed by atoms with Gasteiger partial charge in [0.15, 0.2) is 11.0 Å². The van der Waals surface area contributed by atoms with Gasteiger partial charge < -0.3 is 9.84 Å². The Morgan fingerprint density at radius 3 is 2.65 bits per heavy atom. The van der Waals surface area contributed by atoms with Crippen molar-refractivity contribution in [2.75, 3.05) is 5.32 Å². The quantitative estimate of drug-likeness (QED) is 0.664. The van der Waals surface area contributed by atoms with E-state index in [1.165, 1.54) is 16.9 Å². The van der Waals surface area contributed by atoms with Gasteiger partial charge in [0, 0.05) is 29.7 Å². The molecule has 0 saturated heterocycles. The molecule has 0 spiro atoms. The molecule has 0 bridgehead atoms. The average molecular weight is 370 g/mol. The van der Waals surface area contributed by atoms with Gasteiger partial charge in [0.05, 0.1) is 5.69 Å². The van der Waals surface area contributed by atoms with Crippen molar-refractivity contribution in [2.45, 2.75) is 46.0 Å². The van der Waals surface area contributed by atoms with Crippen LogP contribution in [0.5, 0.6) is 0 Å². The Morgan fingerprint density at radius 1 is 1.23 bits per heavy atom. The molecule has 26 heavy (non-hydrogen) atoms. The average Bonchev–Trinajstić information content (AvgIpc) is 3.30. The smallest absolute Gasteiger partial charge is 0.227 e. The minimum Gasteiger partial charge on any atom is -0.339 e.